The molecular weight excluding hydrogens is 278 g/mol. The smallest absolute Gasteiger partial charge is 0.270 e. The molecular formula is C17H19N3O2. The lowest BCUT2D eigenvalue weighted by atomic mass is 10.2. The lowest BCUT2D eigenvalue weighted by molar-refractivity contribution is -0.134. The van der Waals surface area contributed by atoms with Crippen LogP contribution in [0.5, 0.6) is 0 Å². The third kappa shape index (κ3) is 2.36. The minimum atomic E-state index is 0.0229. The quantitative estimate of drug-likeness (QED) is 0.920. The minimum absolute atomic E-state index is 0.0229. The van der Waals surface area contributed by atoms with Crippen molar-refractivity contribution in [3.63, 3.8) is 0 Å². The maximum atomic E-state index is 12.6. The fourth-order valence-corrected chi connectivity index (χ4v) is 3.08. The molecule has 1 aliphatic carbocycles. The van der Waals surface area contributed by atoms with E-state index in [2.05, 4.69) is 4.98 Å². The molecule has 0 unspecified atom stereocenters. The number of hydrogen-bond acceptors (Lipinski definition) is 2. The number of hydrogen-bond donors (Lipinski definition) is 1. The summed E-state index contributed by atoms with van der Waals surface area (Å²) in [6.45, 7) is 2.54. The Labute approximate surface area is 128 Å². The van der Waals surface area contributed by atoms with Crippen molar-refractivity contribution in [1.29, 1.82) is 0 Å². The molecule has 1 aliphatic heterocycles. The average molecular weight is 297 g/mol. The molecule has 4 rings (SSSR count). The first-order valence-electron chi connectivity index (χ1n) is 7.88. The summed E-state index contributed by atoms with van der Waals surface area (Å²) in [6.07, 6.45) is 2.07. The van der Waals surface area contributed by atoms with E-state index in [-0.39, 0.29) is 17.7 Å². The summed E-state index contributed by atoms with van der Waals surface area (Å²) in [4.78, 5) is 31.6. The number of benzene rings is 1. The topological polar surface area (TPSA) is 56.4 Å². The number of piperazine rings is 1. The van der Waals surface area contributed by atoms with Crippen LogP contribution in [0.4, 0.5) is 0 Å². The van der Waals surface area contributed by atoms with Gasteiger partial charge in [0.2, 0.25) is 5.91 Å². The zero-order chi connectivity index (χ0) is 15.1. The van der Waals surface area contributed by atoms with Crippen molar-refractivity contribution in [3.05, 3.63) is 36.0 Å². The molecule has 0 bridgehead atoms. The van der Waals surface area contributed by atoms with Crippen LogP contribution in [-0.2, 0) is 4.79 Å². The van der Waals surface area contributed by atoms with Crippen LogP contribution in [0.15, 0.2) is 30.3 Å². The van der Waals surface area contributed by atoms with E-state index in [0.717, 1.165) is 23.7 Å². The molecule has 0 radical (unpaired) electrons. The molecule has 1 aromatic carbocycles. The molecule has 2 heterocycles. The van der Waals surface area contributed by atoms with Crippen LogP contribution in [0.3, 0.4) is 0 Å². The van der Waals surface area contributed by atoms with E-state index in [0.29, 0.717) is 31.9 Å². The van der Waals surface area contributed by atoms with Gasteiger partial charge in [0.25, 0.3) is 5.91 Å². The maximum Gasteiger partial charge on any atom is 0.270 e. The summed E-state index contributed by atoms with van der Waals surface area (Å²) in [6, 6.07) is 9.79. The van der Waals surface area contributed by atoms with Crippen LogP contribution in [0.25, 0.3) is 10.9 Å². The highest BCUT2D eigenvalue weighted by atomic mass is 16.2. The van der Waals surface area contributed by atoms with Crippen LogP contribution in [0.2, 0.25) is 0 Å². The Morgan fingerprint density at radius 2 is 1.68 bits per heavy atom. The first-order chi connectivity index (χ1) is 10.7. The number of aromatic nitrogens is 1. The summed E-state index contributed by atoms with van der Waals surface area (Å²) in [7, 11) is 0. The van der Waals surface area contributed by atoms with Gasteiger partial charge in [-0.15, -0.1) is 0 Å². The van der Waals surface area contributed by atoms with Crippen LogP contribution in [0, 0.1) is 5.92 Å². The van der Waals surface area contributed by atoms with Gasteiger partial charge in [-0.3, -0.25) is 9.59 Å². The van der Waals surface area contributed by atoms with Crippen LogP contribution in [0.1, 0.15) is 23.3 Å². The number of H-pyrrole nitrogens is 1. The van der Waals surface area contributed by atoms with E-state index in [1.54, 1.807) is 0 Å². The number of nitrogens with zero attached hydrogens (tertiary/aromatic N) is 2. The fraction of sp³-hybridized carbons (Fsp3) is 0.412. The second-order valence-corrected chi connectivity index (χ2v) is 6.16. The summed E-state index contributed by atoms with van der Waals surface area (Å²) in [5.41, 5.74) is 1.61. The Kier molecular flexibility index (Phi) is 3.13. The molecule has 1 saturated heterocycles. The molecule has 114 valence electrons. The number of aromatic amines is 1. The Morgan fingerprint density at radius 1 is 1.00 bits per heavy atom. The predicted molar refractivity (Wildman–Crippen MR) is 83.5 cm³/mol. The molecule has 5 heteroatoms. The van der Waals surface area contributed by atoms with Crippen LogP contribution in [-0.4, -0.2) is 52.8 Å². The number of para-hydroxylation sites is 1. The SMILES string of the molecule is O=C(c1cc2ccccc2[nH]1)N1CCN(C(=O)C2CC2)CC1. The Morgan fingerprint density at radius 3 is 2.36 bits per heavy atom. The molecule has 1 aromatic heterocycles. The van der Waals surface area contributed by atoms with Crippen LogP contribution < -0.4 is 0 Å². The lowest BCUT2D eigenvalue weighted by Gasteiger charge is -2.34. The van der Waals surface area contributed by atoms with Crippen molar-refractivity contribution in [2.24, 2.45) is 5.92 Å². The van der Waals surface area contributed by atoms with Gasteiger partial charge in [0.05, 0.1) is 0 Å². The second-order valence-electron chi connectivity index (χ2n) is 6.16. The van der Waals surface area contributed by atoms with Crippen molar-refractivity contribution < 1.29 is 9.59 Å². The van der Waals surface area contributed by atoms with Crippen molar-refractivity contribution in [2.75, 3.05) is 26.2 Å². The molecule has 1 saturated carbocycles. The third-order valence-corrected chi connectivity index (χ3v) is 4.57. The molecule has 5 nitrogen and oxygen atoms in total. The highest BCUT2D eigenvalue weighted by Gasteiger charge is 2.35. The standard InChI is InChI=1S/C17H19N3O2/c21-16(12-5-6-12)19-7-9-20(10-8-19)17(22)15-11-13-3-1-2-4-14(13)18-15/h1-4,11-12,18H,5-10H2. The van der Waals surface area contributed by atoms with E-state index in [9.17, 15) is 9.59 Å². The van der Waals surface area contributed by atoms with E-state index in [4.69, 9.17) is 0 Å². The lowest BCUT2D eigenvalue weighted by Crippen LogP contribution is -2.51. The van der Waals surface area contributed by atoms with Gasteiger partial charge >= 0.3 is 0 Å². The molecule has 1 N–H and O–H groups in total. The summed E-state index contributed by atoms with van der Waals surface area (Å²) in [5.74, 6) is 0.559. The number of nitrogens with one attached hydrogen (secondary N) is 1. The Bertz CT molecular complexity index is 691. The van der Waals surface area contributed by atoms with E-state index in [1.165, 1.54) is 0 Å². The monoisotopic (exact) mass is 297 g/mol. The molecule has 0 atom stereocenters. The van der Waals surface area contributed by atoms with E-state index >= 15 is 0 Å². The van der Waals surface area contributed by atoms with E-state index in [1.807, 2.05) is 40.1 Å². The second kappa shape index (κ2) is 5.16. The van der Waals surface area contributed by atoms with Crippen molar-refractivity contribution in [2.45, 2.75) is 12.8 Å². The molecule has 2 aromatic rings. The number of carbonyl (C=O) groups excluding carboxylic acids is 2. The largest absolute Gasteiger partial charge is 0.351 e. The van der Waals surface area contributed by atoms with Gasteiger partial charge in [-0.1, -0.05) is 18.2 Å². The van der Waals surface area contributed by atoms with Gasteiger partial charge < -0.3 is 14.8 Å². The number of fused-ring (bicyclic) bond motifs is 1. The van der Waals surface area contributed by atoms with Crippen LogP contribution >= 0.6 is 0 Å². The number of amides is 2. The third-order valence-electron chi connectivity index (χ3n) is 4.57. The molecule has 22 heavy (non-hydrogen) atoms. The highest BCUT2D eigenvalue weighted by Crippen LogP contribution is 2.31. The van der Waals surface area contributed by atoms with Crippen molar-refractivity contribution >= 4 is 22.7 Å². The normalized spacial score (nSPS) is 18.7. The Hall–Kier alpha value is -2.30. The average Bonchev–Trinajstić information content (AvgIpc) is 3.32. The maximum absolute atomic E-state index is 12.6. The zero-order valence-corrected chi connectivity index (χ0v) is 12.4. The first-order valence-corrected chi connectivity index (χ1v) is 7.88. The van der Waals surface area contributed by atoms with Gasteiger partial charge in [-0.25, -0.2) is 0 Å². The Balaban J connectivity index is 1.44. The summed E-state index contributed by atoms with van der Waals surface area (Å²) >= 11 is 0. The summed E-state index contributed by atoms with van der Waals surface area (Å²) < 4.78 is 0. The number of carbonyl (C=O) groups is 2. The molecule has 0 spiro atoms. The van der Waals surface area contributed by atoms with E-state index < -0.39 is 0 Å². The van der Waals surface area contributed by atoms with Gasteiger partial charge in [0, 0.05) is 43.0 Å². The summed E-state index contributed by atoms with van der Waals surface area (Å²) in [5, 5.41) is 1.05. The first kappa shape index (κ1) is 13.4. The van der Waals surface area contributed by atoms with Gasteiger partial charge in [0.15, 0.2) is 0 Å². The number of rotatable bonds is 2. The molecule has 2 amide bonds. The molecule has 2 aliphatic rings. The zero-order valence-electron chi connectivity index (χ0n) is 12.4. The minimum Gasteiger partial charge on any atom is -0.351 e. The fourth-order valence-electron chi connectivity index (χ4n) is 3.08. The van der Waals surface area contributed by atoms with Crippen molar-refractivity contribution in [1.82, 2.24) is 14.8 Å². The highest BCUT2D eigenvalue weighted by molar-refractivity contribution is 5.98. The van der Waals surface area contributed by atoms with Gasteiger partial charge in [0.1, 0.15) is 5.69 Å². The van der Waals surface area contributed by atoms with Gasteiger partial charge in [-0.05, 0) is 25.0 Å². The molecule has 2 fully saturated rings. The van der Waals surface area contributed by atoms with Gasteiger partial charge in [-0.2, -0.15) is 0 Å². The van der Waals surface area contributed by atoms with Crippen molar-refractivity contribution in [3.8, 4) is 0 Å². The predicted octanol–water partition coefficient (Wildman–Crippen LogP) is 1.86.